The lowest BCUT2D eigenvalue weighted by Gasteiger charge is -2.35. The topological polar surface area (TPSA) is 0 Å². The average Bonchev–Trinajstić information content (AvgIpc) is 3.60. The molecule has 0 aliphatic heterocycles. The second kappa shape index (κ2) is 15.4. The monoisotopic (exact) mass is 734 g/mol. The van der Waals surface area contributed by atoms with Crippen LogP contribution in [0, 0.1) is 0 Å². The second-order valence-electron chi connectivity index (χ2n) is 15.6. The Morgan fingerprint density at radius 1 is 0.281 bits per heavy atom. The first-order valence-electron chi connectivity index (χ1n) is 20.9. The van der Waals surface area contributed by atoms with Gasteiger partial charge in [-0.3, -0.25) is 0 Å². The Hall–Kier alpha value is -6.24. The van der Waals surface area contributed by atoms with Gasteiger partial charge in [0.05, 0.1) is 5.41 Å². The van der Waals surface area contributed by atoms with Crippen molar-refractivity contribution in [3.05, 3.63) is 226 Å². The van der Waals surface area contributed by atoms with Gasteiger partial charge in [0.2, 0.25) is 0 Å². The Morgan fingerprint density at radius 2 is 0.544 bits per heavy atom. The van der Waals surface area contributed by atoms with Crippen molar-refractivity contribution in [3.63, 3.8) is 0 Å². The van der Waals surface area contributed by atoms with Gasteiger partial charge in [0, 0.05) is 0 Å². The number of hydrogen-bond donors (Lipinski definition) is 0. The summed E-state index contributed by atoms with van der Waals surface area (Å²) in [4.78, 5) is 0. The fraction of sp³-hybridized carbons (Fsp3) is 0.158. The van der Waals surface area contributed by atoms with Crippen molar-refractivity contribution in [2.75, 3.05) is 0 Å². The molecule has 9 rings (SSSR count). The van der Waals surface area contributed by atoms with Gasteiger partial charge >= 0.3 is 0 Å². The Morgan fingerprint density at radius 3 is 0.807 bits per heavy atom. The molecular weight excluding hydrogens is 685 g/mol. The highest BCUT2D eigenvalue weighted by Gasteiger charge is 2.46. The van der Waals surface area contributed by atoms with Crippen molar-refractivity contribution < 1.29 is 0 Å². The fourth-order valence-electron chi connectivity index (χ4n) is 9.11. The summed E-state index contributed by atoms with van der Waals surface area (Å²) >= 11 is 0. The molecule has 0 bridgehead atoms. The van der Waals surface area contributed by atoms with Crippen LogP contribution in [0.4, 0.5) is 0 Å². The molecule has 0 heterocycles. The molecule has 278 valence electrons. The van der Waals surface area contributed by atoms with E-state index in [0.717, 1.165) is 25.7 Å². The highest BCUT2D eigenvalue weighted by atomic mass is 14.5. The van der Waals surface area contributed by atoms with Gasteiger partial charge in [0.15, 0.2) is 0 Å². The molecule has 57 heavy (non-hydrogen) atoms. The Labute approximate surface area is 339 Å². The van der Waals surface area contributed by atoms with Gasteiger partial charge < -0.3 is 0 Å². The van der Waals surface area contributed by atoms with E-state index in [1.54, 1.807) is 0 Å². The molecule has 0 fully saturated rings. The zero-order valence-corrected chi connectivity index (χ0v) is 33.6. The number of hydrogen-bond acceptors (Lipinski definition) is 0. The molecule has 0 aromatic heterocycles. The van der Waals surface area contributed by atoms with Crippen LogP contribution >= 0.6 is 0 Å². The molecule has 0 radical (unpaired) electrons. The average molecular weight is 735 g/mol. The summed E-state index contributed by atoms with van der Waals surface area (Å²) in [6.45, 7) is 8.91. The lowest BCUT2D eigenvalue weighted by atomic mass is 9.66. The van der Waals surface area contributed by atoms with Gasteiger partial charge in [0.1, 0.15) is 0 Å². The third kappa shape index (κ3) is 6.54. The Bertz CT molecular complexity index is 2350. The molecule has 0 atom stereocenters. The van der Waals surface area contributed by atoms with Crippen molar-refractivity contribution in [2.24, 2.45) is 0 Å². The van der Waals surface area contributed by atoms with Crippen LogP contribution in [0.5, 0.6) is 0 Å². The first-order valence-corrected chi connectivity index (χ1v) is 20.9. The Kier molecular flexibility index (Phi) is 9.81. The normalized spacial score (nSPS) is 12.6. The zero-order chi connectivity index (χ0) is 38.9. The van der Waals surface area contributed by atoms with E-state index in [1.165, 1.54) is 100 Å². The maximum Gasteiger partial charge on any atom is 0.0714 e. The van der Waals surface area contributed by atoms with Gasteiger partial charge in [-0.2, -0.15) is 0 Å². The van der Waals surface area contributed by atoms with Crippen LogP contribution < -0.4 is 0 Å². The summed E-state index contributed by atoms with van der Waals surface area (Å²) < 4.78 is 0. The fourth-order valence-corrected chi connectivity index (χ4v) is 9.11. The summed E-state index contributed by atoms with van der Waals surface area (Å²) in [7, 11) is 0. The summed E-state index contributed by atoms with van der Waals surface area (Å²) in [5.41, 5.74) is 22.4. The van der Waals surface area contributed by atoms with Gasteiger partial charge in [-0.05, 0) is 162 Å². The third-order valence-corrected chi connectivity index (χ3v) is 12.5. The van der Waals surface area contributed by atoms with Crippen molar-refractivity contribution in [3.8, 4) is 55.6 Å². The molecular formula is C57H50. The van der Waals surface area contributed by atoms with Crippen LogP contribution in [0.3, 0.4) is 0 Å². The number of rotatable bonds is 10. The molecule has 0 amide bonds. The van der Waals surface area contributed by atoms with Crippen molar-refractivity contribution >= 4 is 0 Å². The third-order valence-electron chi connectivity index (χ3n) is 12.5. The van der Waals surface area contributed by atoms with E-state index < -0.39 is 5.41 Å². The number of fused-ring (bicyclic) bond motifs is 3. The minimum atomic E-state index is -0.595. The molecule has 1 aliphatic rings. The van der Waals surface area contributed by atoms with Gasteiger partial charge in [-0.1, -0.05) is 173 Å². The van der Waals surface area contributed by atoms with E-state index in [1.807, 2.05) is 0 Å². The van der Waals surface area contributed by atoms with E-state index in [0.29, 0.717) is 0 Å². The first kappa shape index (κ1) is 36.4. The highest BCUT2D eigenvalue weighted by Crippen LogP contribution is 2.57. The van der Waals surface area contributed by atoms with Crippen LogP contribution in [0.25, 0.3) is 55.6 Å². The molecule has 8 aromatic carbocycles. The number of benzene rings is 8. The van der Waals surface area contributed by atoms with Crippen molar-refractivity contribution in [2.45, 2.75) is 58.8 Å². The minimum Gasteiger partial charge on any atom is -0.0619 e. The van der Waals surface area contributed by atoms with Crippen molar-refractivity contribution in [1.82, 2.24) is 0 Å². The van der Waals surface area contributed by atoms with Gasteiger partial charge in [-0.25, -0.2) is 0 Å². The molecule has 1 aliphatic carbocycles. The van der Waals surface area contributed by atoms with Crippen LogP contribution in [0.1, 0.15) is 72.2 Å². The van der Waals surface area contributed by atoms with Crippen LogP contribution in [-0.4, -0.2) is 0 Å². The SMILES string of the molecule is CCc1ccc(-c2cc(-c3ccc(CC)cc3)cc(C3(c4cc(-c5ccc(CC)cc5)cc(-c5ccc(CC)cc5)c4)c4ccccc4-c4ccccc43)c2)cc1. The summed E-state index contributed by atoms with van der Waals surface area (Å²) in [5, 5.41) is 0. The van der Waals surface area contributed by atoms with E-state index in [4.69, 9.17) is 0 Å². The second-order valence-corrected chi connectivity index (χ2v) is 15.6. The molecule has 0 saturated carbocycles. The van der Waals surface area contributed by atoms with Crippen LogP contribution in [0.15, 0.2) is 182 Å². The summed E-state index contributed by atoms with van der Waals surface area (Å²) in [6.07, 6.45) is 4.08. The quantitative estimate of drug-likeness (QED) is 0.131. The predicted molar refractivity (Wildman–Crippen MR) is 243 cm³/mol. The zero-order valence-electron chi connectivity index (χ0n) is 33.6. The van der Waals surface area contributed by atoms with E-state index in [2.05, 4.69) is 210 Å². The van der Waals surface area contributed by atoms with Gasteiger partial charge in [-0.15, -0.1) is 0 Å². The van der Waals surface area contributed by atoms with Crippen LogP contribution in [0.2, 0.25) is 0 Å². The standard InChI is InChI=1S/C57H50/c1-5-39-17-25-43(26-18-39)47-33-48(44-27-19-40(6-2)20-28-44)36-51(35-47)57(55-15-11-9-13-53(55)54-14-10-12-16-56(54)57)52-37-49(45-29-21-41(7-3)22-30-45)34-50(38-52)46-31-23-42(8-4)24-32-46/h9-38H,5-8H2,1-4H3. The van der Waals surface area contributed by atoms with E-state index >= 15 is 0 Å². The molecule has 0 nitrogen and oxygen atoms in total. The van der Waals surface area contributed by atoms with Gasteiger partial charge in [0.25, 0.3) is 0 Å². The lowest BCUT2D eigenvalue weighted by molar-refractivity contribution is 0.770. The highest BCUT2D eigenvalue weighted by molar-refractivity contribution is 5.89. The lowest BCUT2D eigenvalue weighted by Crippen LogP contribution is -2.29. The molecule has 0 unspecified atom stereocenters. The molecule has 0 heteroatoms. The molecule has 0 saturated heterocycles. The van der Waals surface area contributed by atoms with E-state index in [9.17, 15) is 0 Å². The van der Waals surface area contributed by atoms with Crippen LogP contribution in [-0.2, 0) is 31.1 Å². The summed E-state index contributed by atoms with van der Waals surface area (Å²) in [6, 6.07) is 69.8. The number of aryl methyl sites for hydroxylation is 4. The first-order chi connectivity index (χ1) is 28.0. The predicted octanol–water partition coefficient (Wildman–Crippen LogP) is 15.0. The molecule has 0 N–H and O–H groups in total. The molecule has 8 aromatic rings. The maximum absolute atomic E-state index is 2.49. The smallest absolute Gasteiger partial charge is 0.0619 e. The molecule has 0 spiro atoms. The minimum absolute atomic E-state index is 0.595. The summed E-state index contributed by atoms with van der Waals surface area (Å²) in [5.74, 6) is 0. The Balaban J connectivity index is 1.39. The van der Waals surface area contributed by atoms with E-state index in [-0.39, 0.29) is 0 Å². The largest absolute Gasteiger partial charge is 0.0714 e. The maximum atomic E-state index is 2.49. The van der Waals surface area contributed by atoms with Crippen molar-refractivity contribution in [1.29, 1.82) is 0 Å².